The van der Waals surface area contributed by atoms with Crippen LogP contribution in [0.25, 0.3) is 0 Å². The van der Waals surface area contributed by atoms with Gasteiger partial charge in [-0.25, -0.2) is 4.79 Å². The Bertz CT molecular complexity index is 777. The molecule has 4 nitrogen and oxygen atoms in total. The summed E-state index contributed by atoms with van der Waals surface area (Å²) in [4.78, 5) is 28.7. The van der Waals surface area contributed by atoms with Gasteiger partial charge in [-0.2, -0.15) is 0 Å². The second kappa shape index (κ2) is 7.71. The SMILES string of the molecule is CCOC(=O)c1c(C)[nH]c(C(=O)CSc2ccc(C)c(C)c2)c1C. The van der Waals surface area contributed by atoms with Crippen molar-refractivity contribution in [3.05, 3.63) is 51.8 Å². The fraction of sp³-hybridized carbons (Fsp3) is 0.368. The van der Waals surface area contributed by atoms with Gasteiger partial charge in [-0.3, -0.25) is 4.79 Å². The maximum absolute atomic E-state index is 12.5. The van der Waals surface area contributed by atoms with Gasteiger partial charge in [0.05, 0.1) is 23.6 Å². The van der Waals surface area contributed by atoms with Crippen molar-refractivity contribution >= 4 is 23.5 Å². The molecule has 1 aromatic heterocycles. The number of ether oxygens (including phenoxy) is 1. The Morgan fingerprint density at radius 2 is 1.83 bits per heavy atom. The summed E-state index contributed by atoms with van der Waals surface area (Å²) in [6.07, 6.45) is 0. The first kappa shape index (κ1) is 18.3. The smallest absolute Gasteiger partial charge is 0.340 e. The number of aryl methyl sites for hydroxylation is 3. The van der Waals surface area contributed by atoms with E-state index in [1.165, 1.54) is 22.9 Å². The number of H-pyrrole nitrogens is 1. The van der Waals surface area contributed by atoms with Crippen LogP contribution in [-0.4, -0.2) is 29.1 Å². The van der Waals surface area contributed by atoms with Gasteiger partial charge in [-0.15, -0.1) is 11.8 Å². The molecule has 0 saturated carbocycles. The van der Waals surface area contributed by atoms with Crippen LogP contribution in [-0.2, 0) is 4.74 Å². The van der Waals surface area contributed by atoms with Crippen LogP contribution in [0.3, 0.4) is 0 Å². The third-order valence-electron chi connectivity index (χ3n) is 4.04. The zero-order valence-electron chi connectivity index (χ0n) is 14.8. The van der Waals surface area contributed by atoms with Crippen molar-refractivity contribution in [1.82, 2.24) is 4.98 Å². The summed E-state index contributed by atoms with van der Waals surface area (Å²) < 4.78 is 5.06. The molecule has 1 aromatic carbocycles. The highest BCUT2D eigenvalue weighted by Crippen LogP contribution is 2.24. The molecular weight excluding hydrogens is 322 g/mol. The van der Waals surface area contributed by atoms with Crippen LogP contribution < -0.4 is 0 Å². The number of Topliss-reactive ketones (excluding diaryl/α,β-unsaturated/α-hetero) is 1. The van der Waals surface area contributed by atoms with Crippen LogP contribution in [0.5, 0.6) is 0 Å². The van der Waals surface area contributed by atoms with Crippen molar-refractivity contribution in [2.45, 2.75) is 39.5 Å². The molecule has 128 valence electrons. The van der Waals surface area contributed by atoms with E-state index in [2.05, 4.69) is 31.0 Å². The summed E-state index contributed by atoms with van der Waals surface area (Å²) in [7, 11) is 0. The molecule has 0 spiro atoms. The van der Waals surface area contributed by atoms with E-state index in [0.717, 1.165) is 4.90 Å². The summed E-state index contributed by atoms with van der Waals surface area (Å²) in [5.74, 6) is -0.0788. The molecule has 0 radical (unpaired) electrons. The number of carbonyl (C=O) groups is 2. The molecule has 0 aliphatic rings. The maximum atomic E-state index is 12.5. The summed E-state index contributed by atoms with van der Waals surface area (Å²) in [5, 5.41) is 0. The van der Waals surface area contributed by atoms with Gasteiger partial charge in [0.25, 0.3) is 0 Å². The van der Waals surface area contributed by atoms with Gasteiger partial charge in [0.15, 0.2) is 5.78 Å². The summed E-state index contributed by atoms with van der Waals surface area (Å²) in [6.45, 7) is 9.77. The van der Waals surface area contributed by atoms with Crippen LogP contribution in [0.4, 0.5) is 0 Å². The fourth-order valence-corrected chi connectivity index (χ4v) is 3.43. The normalized spacial score (nSPS) is 10.7. The number of hydrogen-bond donors (Lipinski definition) is 1. The third kappa shape index (κ3) is 3.90. The van der Waals surface area contributed by atoms with E-state index in [0.29, 0.717) is 34.9 Å². The molecule has 0 unspecified atom stereocenters. The number of aromatic nitrogens is 1. The minimum atomic E-state index is -0.385. The van der Waals surface area contributed by atoms with Crippen molar-refractivity contribution in [1.29, 1.82) is 0 Å². The van der Waals surface area contributed by atoms with Gasteiger partial charge in [0.1, 0.15) is 0 Å². The Balaban J connectivity index is 2.14. The van der Waals surface area contributed by atoms with Crippen molar-refractivity contribution in [2.24, 2.45) is 0 Å². The summed E-state index contributed by atoms with van der Waals surface area (Å²) in [5.41, 5.74) is 4.75. The molecule has 0 atom stereocenters. The molecule has 0 saturated heterocycles. The maximum Gasteiger partial charge on any atom is 0.340 e. The number of nitrogens with one attached hydrogen (secondary N) is 1. The minimum Gasteiger partial charge on any atom is -0.462 e. The average Bonchev–Trinajstić information content (AvgIpc) is 2.83. The molecule has 2 rings (SSSR count). The lowest BCUT2D eigenvalue weighted by Gasteiger charge is -2.05. The topological polar surface area (TPSA) is 59.2 Å². The van der Waals surface area contributed by atoms with E-state index in [4.69, 9.17) is 4.74 Å². The predicted molar refractivity (Wildman–Crippen MR) is 97.2 cm³/mol. The highest BCUT2D eigenvalue weighted by Gasteiger charge is 2.22. The van der Waals surface area contributed by atoms with Crippen LogP contribution in [0, 0.1) is 27.7 Å². The lowest BCUT2D eigenvalue weighted by atomic mass is 10.1. The van der Waals surface area contributed by atoms with E-state index >= 15 is 0 Å². The number of aromatic amines is 1. The highest BCUT2D eigenvalue weighted by atomic mass is 32.2. The van der Waals surface area contributed by atoms with Crippen LogP contribution >= 0.6 is 11.8 Å². The van der Waals surface area contributed by atoms with Gasteiger partial charge < -0.3 is 9.72 Å². The van der Waals surface area contributed by atoms with Gasteiger partial charge in [-0.1, -0.05) is 6.07 Å². The molecule has 24 heavy (non-hydrogen) atoms. The molecule has 2 aromatic rings. The zero-order chi connectivity index (χ0) is 17.9. The number of hydrogen-bond acceptors (Lipinski definition) is 4. The van der Waals surface area contributed by atoms with Crippen molar-refractivity contribution in [3.8, 4) is 0 Å². The fourth-order valence-electron chi connectivity index (χ4n) is 2.56. The van der Waals surface area contributed by atoms with Crippen LogP contribution in [0.2, 0.25) is 0 Å². The van der Waals surface area contributed by atoms with Crippen molar-refractivity contribution < 1.29 is 14.3 Å². The van der Waals surface area contributed by atoms with Crippen molar-refractivity contribution in [2.75, 3.05) is 12.4 Å². The number of esters is 1. The minimum absolute atomic E-state index is 0.0191. The Kier molecular flexibility index (Phi) is 5.89. The first-order chi connectivity index (χ1) is 11.3. The first-order valence-corrected chi connectivity index (χ1v) is 8.93. The van der Waals surface area contributed by atoms with Crippen LogP contribution in [0.15, 0.2) is 23.1 Å². The van der Waals surface area contributed by atoms with E-state index in [9.17, 15) is 9.59 Å². The number of benzene rings is 1. The predicted octanol–water partition coefficient (Wildman–Crippen LogP) is 4.40. The zero-order valence-corrected chi connectivity index (χ0v) is 15.6. The largest absolute Gasteiger partial charge is 0.462 e. The average molecular weight is 345 g/mol. The molecule has 0 aliphatic heterocycles. The first-order valence-electron chi connectivity index (χ1n) is 7.94. The Morgan fingerprint density at radius 3 is 2.46 bits per heavy atom. The van der Waals surface area contributed by atoms with E-state index in [-0.39, 0.29) is 11.8 Å². The summed E-state index contributed by atoms with van der Waals surface area (Å²) in [6, 6.07) is 6.17. The van der Waals surface area contributed by atoms with E-state index in [1.54, 1.807) is 20.8 Å². The monoisotopic (exact) mass is 345 g/mol. The molecule has 0 bridgehead atoms. The third-order valence-corrected chi connectivity index (χ3v) is 5.04. The Morgan fingerprint density at radius 1 is 1.12 bits per heavy atom. The molecule has 1 heterocycles. The highest BCUT2D eigenvalue weighted by molar-refractivity contribution is 8.00. The second-order valence-corrected chi connectivity index (χ2v) is 6.85. The standard InChI is InChI=1S/C19H23NO3S/c1-6-23-19(22)17-13(4)18(20-14(17)5)16(21)10-24-15-8-7-11(2)12(3)9-15/h7-9,20H,6,10H2,1-5H3. The quantitative estimate of drug-likeness (QED) is 0.479. The molecular formula is C19H23NO3S. The van der Waals surface area contributed by atoms with Crippen LogP contribution in [0.1, 0.15) is 50.2 Å². The Labute approximate surface area is 147 Å². The van der Waals surface area contributed by atoms with Gasteiger partial charge in [-0.05, 0) is 63.4 Å². The number of rotatable bonds is 6. The van der Waals surface area contributed by atoms with Gasteiger partial charge in [0.2, 0.25) is 0 Å². The molecule has 0 aliphatic carbocycles. The summed E-state index contributed by atoms with van der Waals surface area (Å²) >= 11 is 1.50. The molecule has 0 fully saturated rings. The van der Waals surface area contributed by atoms with Crippen molar-refractivity contribution in [3.63, 3.8) is 0 Å². The number of carbonyl (C=O) groups excluding carboxylic acids is 2. The molecule has 1 N–H and O–H groups in total. The van der Waals surface area contributed by atoms with E-state index in [1.807, 2.05) is 6.07 Å². The second-order valence-electron chi connectivity index (χ2n) is 5.80. The van der Waals surface area contributed by atoms with Gasteiger partial charge in [0, 0.05) is 10.6 Å². The number of ketones is 1. The molecule has 0 amide bonds. The lowest BCUT2D eigenvalue weighted by Crippen LogP contribution is -2.08. The molecule has 5 heteroatoms. The Hall–Kier alpha value is -2.01. The van der Waals surface area contributed by atoms with E-state index < -0.39 is 0 Å². The number of thioether (sulfide) groups is 1. The lowest BCUT2D eigenvalue weighted by molar-refractivity contribution is 0.0525. The van der Waals surface area contributed by atoms with Gasteiger partial charge >= 0.3 is 5.97 Å².